The monoisotopic (exact) mass is 461 g/mol. The first kappa shape index (κ1) is 24.2. The van der Waals surface area contributed by atoms with Gasteiger partial charge in [-0.15, -0.1) is 0 Å². The molecule has 2 aromatic carbocycles. The minimum absolute atomic E-state index is 0.00391. The van der Waals surface area contributed by atoms with Crippen molar-refractivity contribution in [1.82, 2.24) is 16.0 Å². The molecule has 1 heterocycles. The van der Waals surface area contributed by atoms with Gasteiger partial charge in [-0.05, 0) is 42.1 Å². The van der Waals surface area contributed by atoms with Gasteiger partial charge in [-0.3, -0.25) is 4.79 Å². The molecule has 1 saturated heterocycles. The Morgan fingerprint density at radius 1 is 1.19 bits per heavy atom. The predicted octanol–water partition coefficient (Wildman–Crippen LogP) is 1.14. The molecule has 0 saturated carbocycles. The number of carbonyl (C=O) groups is 2. The van der Waals surface area contributed by atoms with Gasteiger partial charge < -0.3 is 20.7 Å². The van der Waals surface area contributed by atoms with Crippen LogP contribution < -0.4 is 16.0 Å². The minimum Gasteiger partial charge on any atom is -0.463 e. The summed E-state index contributed by atoms with van der Waals surface area (Å²) in [6, 6.07) is 13.1. The first-order chi connectivity index (χ1) is 15.3. The summed E-state index contributed by atoms with van der Waals surface area (Å²) in [5, 5.41) is 11.2. The Labute approximate surface area is 189 Å². The van der Waals surface area contributed by atoms with E-state index in [0.29, 0.717) is 6.54 Å². The fourth-order valence-electron chi connectivity index (χ4n) is 3.77. The number of sulfone groups is 1. The highest BCUT2D eigenvalue weighted by Gasteiger charge is 2.25. The van der Waals surface area contributed by atoms with E-state index in [1.807, 2.05) is 42.5 Å². The second kappa shape index (κ2) is 11.4. The Balaban J connectivity index is 1.52. The van der Waals surface area contributed by atoms with Crippen LogP contribution in [0.15, 0.2) is 42.5 Å². The van der Waals surface area contributed by atoms with Gasteiger partial charge in [0.15, 0.2) is 0 Å². The van der Waals surface area contributed by atoms with E-state index < -0.39 is 21.8 Å². The Morgan fingerprint density at radius 3 is 2.72 bits per heavy atom. The molecule has 1 amide bonds. The highest BCUT2D eigenvalue weighted by molar-refractivity contribution is 7.90. The second-order valence-corrected chi connectivity index (χ2v) is 10.5. The molecule has 8 nitrogen and oxygen atoms in total. The fourth-order valence-corrected chi connectivity index (χ4v) is 4.43. The van der Waals surface area contributed by atoms with Crippen LogP contribution in [-0.4, -0.2) is 64.1 Å². The zero-order valence-corrected chi connectivity index (χ0v) is 19.1. The second-order valence-electron chi connectivity index (χ2n) is 8.20. The number of hydrogen-bond donors (Lipinski definition) is 3. The molecule has 0 aliphatic carbocycles. The molecule has 174 valence electrons. The quantitative estimate of drug-likeness (QED) is 0.430. The first-order valence-electron chi connectivity index (χ1n) is 10.9. The third kappa shape index (κ3) is 7.58. The number of esters is 1. The standard InChI is InChI=1S/C23H31N3O5S/c1-32(29,30)13-11-21(23(28)31-16-19-9-5-12-25-19)26-22(27)15-24-14-18-8-4-7-17-6-2-3-10-20(17)18/h2-4,6-8,10,19,21,24-25H,5,9,11-16H2,1H3,(H,26,27)/t19-,21?/m0/s1. The summed E-state index contributed by atoms with van der Waals surface area (Å²) in [6.07, 6.45) is 3.03. The number of benzene rings is 2. The summed E-state index contributed by atoms with van der Waals surface area (Å²) >= 11 is 0. The van der Waals surface area contributed by atoms with Gasteiger partial charge in [-0.1, -0.05) is 42.5 Å². The van der Waals surface area contributed by atoms with Gasteiger partial charge in [-0.2, -0.15) is 0 Å². The molecular weight excluding hydrogens is 430 g/mol. The van der Waals surface area contributed by atoms with Crippen LogP contribution in [0.5, 0.6) is 0 Å². The largest absolute Gasteiger partial charge is 0.463 e. The van der Waals surface area contributed by atoms with E-state index in [-0.39, 0.29) is 37.3 Å². The van der Waals surface area contributed by atoms with Crippen molar-refractivity contribution in [1.29, 1.82) is 0 Å². The number of rotatable bonds is 11. The lowest BCUT2D eigenvalue weighted by atomic mass is 10.0. The zero-order chi connectivity index (χ0) is 23.0. The van der Waals surface area contributed by atoms with Crippen molar-refractivity contribution in [2.45, 2.75) is 37.9 Å². The maximum Gasteiger partial charge on any atom is 0.328 e. The Hall–Kier alpha value is -2.49. The predicted molar refractivity (Wildman–Crippen MR) is 124 cm³/mol. The number of hydrogen-bond acceptors (Lipinski definition) is 7. The average molecular weight is 462 g/mol. The van der Waals surface area contributed by atoms with Gasteiger partial charge in [0.25, 0.3) is 0 Å². The van der Waals surface area contributed by atoms with Crippen LogP contribution in [-0.2, 0) is 30.7 Å². The molecule has 1 aliphatic heterocycles. The van der Waals surface area contributed by atoms with E-state index in [9.17, 15) is 18.0 Å². The number of carbonyl (C=O) groups excluding carboxylic acids is 2. The smallest absolute Gasteiger partial charge is 0.328 e. The van der Waals surface area contributed by atoms with E-state index in [1.54, 1.807) is 0 Å². The average Bonchev–Trinajstić information content (AvgIpc) is 3.28. The molecular formula is C23H31N3O5S. The maximum absolute atomic E-state index is 12.5. The SMILES string of the molecule is CS(=O)(=O)CCC(NC(=O)CNCc1cccc2ccccc12)C(=O)OC[C@@H]1CCCN1. The molecule has 32 heavy (non-hydrogen) atoms. The molecule has 2 aromatic rings. The van der Waals surface area contributed by atoms with Crippen molar-refractivity contribution in [3.05, 3.63) is 48.0 Å². The van der Waals surface area contributed by atoms with Crippen LogP contribution in [0.25, 0.3) is 10.8 Å². The van der Waals surface area contributed by atoms with E-state index in [2.05, 4.69) is 16.0 Å². The highest BCUT2D eigenvalue weighted by atomic mass is 32.2. The van der Waals surface area contributed by atoms with Crippen LogP contribution in [0.3, 0.4) is 0 Å². The molecule has 0 radical (unpaired) electrons. The van der Waals surface area contributed by atoms with Crippen LogP contribution >= 0.6 is 0 Å². The van der Waals surface area contributed by atoms with Crippen molar-refractivity contribution < 1.29 is 22.7 Å². The van der Waals surface area contributed by atoms with Crippen molar-refractivity contribution in [3.63, 3.8) is 0 Å². The van der Waals surface area contributed by atoms with Crippen LogP contribution in [0.2, 0.25) is 0 Å². The molecule has 0 bridgehead atoms. The topological polar surface area (TPSA) is 114 Å². The van der Waals surface area contributed by atoms with Gasteiger partial charge in [0.2, 0.25) is 5.91 Å². The van der Waals surface area contributed by atoms with Crippen molar-refractivity contribution in [2.75, 3.05) is 31.7 Å². The molecule has 0 spiro atoms. The molecule has 3 rings (SSSR count). The Morgan fingerprint density at radius 2 is 1.97 bits per heavy atom. The lowest BCUT2D eigenvalue weighted by molar-refractivity contribution is -0.148. The lowest BCUT2D eigenvalue weighted by Crippen LogP contribution is -2.46. The van der Waals surface area contributed by atoms with Gasteiger partial charge in [0.05, 0.1) is 12.3 Å². The Bertz CT molecular complexity index is 1030. The normalized spacial score (nSPS) is 17.2. The summed E-state index contributed by atoms with van der Waals surface area (Å²) in [6.45, 7) is 1.58. The van der Waals surface area contributed by atoms with Gasteiger partial charge in [-0.25, -0.2) is 13.2 Å². The number of fused-ring (bicyclic) bond motifs is 1. The molecule has 1 fully saturated rings. The first-order valence-corrected chi connectivity index (χ1v) is 12.9. The van der Waals surface area contributed by atoms with E-state index in [1.165, 1.54) is 0 Å². The fraction of sp³-hybridized carbons (Fsp3) is 0.478. The summed E-state index contributed by atoms with van der Waals surface area (Å²) < 4.78 is 28.5. The summed E-state index contributed by atoms with van der Waals surface area (Å²) in [4.78, 5) is 25.0. The zero-order valence-electron chi connectivity index (χ0n) is 18.3. The highest BCUT2D eigenvalue weighted by Crippen LogP contribution is 2.18. The lowest BCUT2D eigenvalue weighted by Gasteiger charge is -2.19. The summed E-state index contributed by atoms with van der Waals surface area (Å²) in [5.41, 5.74) is 1.06. The summed E-state index contributed by atoms with van der Waals surface area (Å²) in [5.74, 6) is -1.21. The van der Waals surface area contributed by atoms with Crippen molar-refractivity contribution >= 4 is 32.5 Å². The van der Waals surface area contributed by atoms with Crippen LogP contribution in [0.1, 0.15) is 24.8 Å². The van der Waals surface area contributed by atoms with Crippen LogP contribution in [0.4, 0.5) is 0 Å². The number of nitrogens with one attached hydrogen (secondary N) is 3. The van der Waals surface area contributed by atoms with Gasteiger partial charge >= 0.3 is 5.97 Å². The van der Waals surface area contributed by atoms with Crippen LogP contribution in [0, 0.1) is 0 Å². The Kier molecular flexibility index (Phi) is 8.60. The molecule has 1 unspecified atom stereocenters. The number of ether oxygens (including phenoxy) is 1. The number of amides is 1. The minimum atomic E-state index is -3.28. The third-order valence-corrected chi connectivity index (χ3v) is 6.44. The molecule has 2 atom stereocenters. The molecule has 0 aromatic heterocycles. The van der Waals surface area contributed by atoms with E-state index >= 15 is 0 Å². The summed E-state index contributed by atoms with van der Waals surface area (Å²) in [7, 11) is -3.28. The molecule has 3 N–H and O–H groups in total. The molecule has 9 heteroatoms. The van der Waals surface area contributed by atoms with Gasteiger partial charge in [0.1, 0.15) is 22.5 Å². The van der Waals surface area contributed by atoms with E-state index in [4.69, 9.17) is 4.74 Å². The maximum atomic E-state index is 12.5. The van der Waals surface area contributed by atoms with Crippen molar-refractivity contribution in [3.8, 4) is 0 Å². The van der Waals surface area contributed by atoms with E-state index in [0.717, 1.165) is 42.0 Å². The van der Waals surface area contributed by atoms with Gasteiger partial charge in [0, 0.05) is 18.8 Å². The van der Waals surface area contributed by atoms with Crippen molar-refractivity contribution in [2.24, 2.45) is 0 Å². The third-order valence-electron chi connectivity index (χ3n) is 5.47. The molecule has 1 aliphatic rings.